The van der Waals surface area contributed by atoms with Crippen molar-refractivity contribution in [1.82, 2.24) is 10.6 Å². The molecule has 0 unspecified atom stereocenters. The molecule has 0 spiro atoms. The molecule has 0 saturated heterocycles. The van der Waals surface area contributed by atoms with E-state index in [0.29, 0.717) is 12.6 Å². The zero-order chi connectivity index (χ0) is 12.5. The van der Waals surface area contributed by atoms with Gasteiger partial charge < -0.3 is 10.6 Å². The molecule has 100 valence electrons. The number of hydrogen-bond donors (Lipinski definition) is 2. The average molecular weight is 258 g/mol. The Morgan fingerprint density at radius 2 is 2.00 bits per heavy atom. The number of carbonyl (C=O) groups excluding carboxylic acids is 1. The summed E-state index contributed by atoms with van der Waals surface area (Å²) < 4.78 is 0. The summed E-state index contributed by atoms with van der Waals surface area (Å²) in [6.07, 6.45) is 9.41. The zero-order valence-electron chi connectivity index (χ0n) is 11.1. The van der Waals surface area contributed by atoms with E-state index in [0.717, 1.165) is 24.6 Å². The second-order valence-electron chi connectivity index (χ2n) is 4.79. The molecule has 1 aliphatic rings. The SMILES string of the molecule is CCCCNC(=O)CNC1CCC(SC)CC1. The van der Waals surface area contributed by atoms with Crippen LogP contribution in [0.2, 0.25) is 0 Å². The van der Waals surface area contributed by atoms with Crippen molar-refractivity contribution in [3.8, 4) is 0 Å². The van der Waals surface area contributed by atoms with Crippen molar-refractivity contribution >= 4 is 17.7 Å². The maximum absolute atomic E-state index is 11.5. The van der Waals surface area contributed by atoms with Gasteiger partial charge in [-0.2, -0.15) is 11.8 Å². The minimum absolute atomic E-state index is 0.144. The van der Waals surface area contributed by atoms with Crippen LogP contribution in [-0.4, -0.2) is 36.5 Å². The number of hydrogen-bond acceptors (Lipinski definition) is 3. The summed E-state index contributed by atoms with van der Waals surface area (Å²) in [6.45, 7) is 3.43. The first-order valence-electron chi connectivity index (χ1n) is 6.79. The minimum atomic E-state index is 0.144. The Labute approximate surface area is 109 Å². The van der Waals surface area contributed by atoms with E-state index in [9.17, 15) is 4.79 Å². The molecule has 1 aliphatic carbocycles. The molecule has 0 aromatic rings. The van der Waals surface area contributed by atoms with E-state index < -0.39 is 0 Å². The largest absolute Gasteiger partial charge is 0.355 e. The molecule has 4 heteroatoms. The van der Waals surface area contributed by atoms with Crippen molar-refractivity contribution < 1.29 is 4.79 Å². The van der Waals surface area contributed by atoms with Crippen LogP contribution in [0.15, 0.2) is 0 Å². The molecule has 0 aromatic heterocycles. The summed E-state index contributed by atoms with van der Waals surface area (Å²) in [5, 5.41) is 7.15. The van der Waals surface area contributed by atoms with E-state index in [-0.39, 0.29) is 5.91 Å². The van der Waals surface area contributed by atoms with Crippen LogP contribution < -0.4 is 10.6 Å². The summed E-state index contributed by atoms with van der Waals surface area (Å²) in [5.41, 5.74) is 0. The van der Waals surface area contributed by atoms with Crippen molar-refractivity contribution in [1.29, 1.82) is 0 Å². The van der Waals surface area contributed by atoms with Crippen LogP contribution in [0.5, 0.6) is 0 Å². The first-order valence-corrected chi connectivity index (χ1v) is 8.08. The first kappa shape index (κ1) is 14.8. The fourth-order valence-electron chi connectivity index (χ4n) is 2.21. The van der Waals surface area contributed by atoms with Gasteiger partial charge in [-0.1, -0.05) is 13.3 Å². The highest BCUT2D eigenvalue weighted by Crippen LogP contribution is 2.26. The van der Waals surface area contributed by atoms with Crippen LogP contribution in [0, 0.1) is 0 Å². The van der Waals surface area contributed by atoms with Crippen molar-refractivity contribution in [2.45, 2.75) is 56.7 Å². The Bertz CT molecular complexity index is 215. The molecule has 0 radical (unpaired) electrons. The van der Waals surface area contributed by atoms with Gasteiger partial charge in [-0.25, -0.2) is 0 Å². The Hall–Kier alpha value is -0.220. The van der Waals surface area contributed by atoms with E-state index in [1.807, 2.05) is 11.8 Å². The molecule has 0 atom stereocenters. The van der Waals surface area contributed by atoms with Gasteiger partial charge in [0.1, 0.15) is 0 Å². The Morgan fingerprint density at radius 1 is 1.29 bits per heavy atom. The number of thioether (sulfide) groups is 1. The van der Waals surface area contributed by atoms with Gasteiger partial charge in [0.05, 0.1) is 6.54 Å². The van der Waals surface area contributed by atoms with Crippen molar-refractivity contribution in [3.05, 3.63) is 0 Å². The normalized spacial score (nSPS) is 24.6. The highest BCUT2D eigenvalue weighted by atomic mass is 32.2. The Balaban J connectivity index is 2.04. The van der Waals surface area contributed by atoms with Gasteiger partial charge in [-0.3, -0.25) is 4.79 Å². The highest BCUT2D eigenvalue weighted by Gasteiger charge is 2.20. The second-order valence-corrected chi connectivity index (χ2v) is 5.93. The van der Waals surface area contributed by atoms with E-state index in [2.05, 4.69) is 23.8 Å². The van der Waals surface area contributed by atoms with Crippen molar-refractivity contribution in [2.75, 3.05) is 19.3 Å². The number of amides is 1. The Morgan fingerprint density at radius 3 is 2.59 bits per heavy atom. The summed E-state index contributed by atoms with van der Waals surface area (Å²) in [5.74, 6) is 0.144. The lowest BCUT2D eigenvalue weighted by Gasteiger charge is -2.27. The fourth-order valence-corrected chi connectivity index (χ4v) is 2.95. The standard InChI is InChI=1S/C13H26N2OS/c1-3-4-9-14-13(16)10-15-11-5-7-12(17-2)8-6-11/h11-12,15H,3-10H2,1-2H3,(H,14,16). The van der Waals surface area contributed by atoms with Gasteiger partial charge in [0, 0.05) is 17.8 Å². The van der Waals surface area contributed by atoms with Gasteiger partial charge >= 0.3 is 0 Å². The summed E-state index contributed by atoms with van der Waals surface area (Å²) in [7, 11) is 0. The van der Waals surface area contributed by atoms with Crippen LogP contribution in [0.25, 0.3) is 0 Å². The summed E-state index contributed by atoms with van der Waals surface area (Å²) in [4.78, 5) is 11.5. The van der Waals surface area contributed by atoms with Crippen LogP contribution in [0.3, 0.4) is 0 Å². The maximum Gasteiger partial charge on any atom is 0.233 e. The third-order valence-electron chi connectivity index (χ3n) is 3.41. The van der Waals surface area contributed by atoms with E-state index in [1.165, 1.54) is 25.7 Å². The molecule has 3 nitrogen and oxygen atoms in total. The van der Waals surface area contributed by atoms with Crippen LogP contribution in [0.1, 0.15) is 45.4 Å². The van der Waals surface area contributed by atoms with E-state index in [4.69, 9.17) is 0 Å². The minimum Gasteiger partial charge on any atom is -0.355 e. The van der Waals surface area contributed by atoms with E-state index >= 15 is 0 Å². The summed E-state index contributed by atoms with van der Waals surface area (Å²) >= 11 is 1.98. The number of nitrogens with one attached hydrogen (secondary N) is 2. The van der Waals surface area contributed by atoms with Gasteiger partial charge in [-0.05, 0) is 38.4 Å². The predicted molar refractivity (Wildman–Crippen MR) is 75.5 cm³/mol. The van der Waals surface area contributed by atoms with Gasteiger partial charge in [-0.15, -0.1) is 0 Å². The molecule has 1 rings (SSSR count). The van der Waals surface area contributed by atoms with Crippen LogP contribution in [0.4, 0.5) is 0 Å². The Kier molecular flexibility index (Phi) is 7.69. The lowest BCUT2D eigenvalue weighted by molar-refractivity contribution is -0.120. The van der Waals surface area contributed by atoms with E-state index in [1.54, 1.807) is 0 Å². The molecular formula is C13H26N2OS. The monoisotopic (exact) mass is 258 g/mol. The first-order chi connectivity index (χ1) is 8.26. The molecule has 1 saturated carbocycles. The molecule has 1 amide bonds. The third kappa shape index (κ3) is 6.32. The topological polar surface area (TPSA) is 41.1 Å². The molecule has 17 heavy (non-hydrogen) atoms. The molecule has 2 N–H and O–H groups in total. The lowest BCUT2D eigenvalue weighted by Crippen LogP contribution is -2.41. The average Bonchev–Trinajstić information content (AvgIpc) is 2.37. The quantitative estimate of drug-likeness (QED) is 0.688. The fraction of sp³-hybridized carbons (Fsp3) is 0.923. The third-order valence-corrected chi connectivity index (χ3v) is 4.55. The van der Waals surface area contributed by atoms with Crippen molar-refractivity contribution in [2.24, 2.45) is 0 Å². The van der Waals surface area contributed by atoms with Crippen LogP contribution >= 0.6 is 11.8 Å². The second kappa shape index (κ2) is 8.81. The van der Waals surface area contributed by atoms with Gasteiger partial charge in [0.25, 0.3) is 0 Å². The molecule has 1 fully saturated rings. The predicted octanol–water partition coefficient (Wildman–Crippen LogP) is 2.17. The number of carbonyl (C=O) groups is 1. The molecule has 0 bridgehead atoms. The highest BCUT2D eigenvalue weighted by molar-refractivity contribution is 7.99. The molecule has 0 aromatic carbocycles. The molecule has 0 aliphatic heterocycles. The number of unbranched alkanes of at least 4 members (excludes halogenated alkanes) is 1. The number of rotatable bonds is 7. The molecular weight excluding hydrogens is 232 g/mol. The van der Waals surface area contributed by atoms with Crippen molar-refractivity contribution in [3.63, 3.8) is 0 Å². The van der Waals surface area contributed by atoms with Gasteiger partial charge in [0.2, 0.25) is 5.91 Å². The summed E-state index contributed by atoms with van der Waals surface area (Å²) in [6, 6.07) is 0.551. The van der Waals surface area contributed by atoms with Crippen LogP contribution in [-0.2, 0) is 4.79 Å². The van der Waals surface area contributed by atoms with Gasteiger partial charge in [0.15, 0.2) is 0 Å². The maximum atomic E-state index is 11.5. The molecule has 0 heterocycles. The zero-order valence-corrected chi connectivity index (χ0v) is 11.9. The smallest absolute Gasteiger partial charge is 0.233 e. The lowest BCUT2D eigenvalue weighted by atomic mass is 9.95.